The van der Waals surface area contributed by atoms with Crippen LogP contribution in [0.2, 0.25) is 0 Å². The van der Waals surface area contributed by atoms with Crippen LogP contribution >= 0.6 is 0 Å². The largest absolute Gasteiger partial charge is 0.504 e. The van der Waals surface area contributed by atoms with E-state index in [4.69, 9.17) is 15.0 Å². The van der Waals surface area contributed by atoms with Gasteiger partial charge in [-0.05, 0) is 67.4 Å². The van der Waals surface area contributed by atoms with Crippen molar-refractivity contribution in [3.05, 3.63) is 83.9 Å². The number of unbranched alkanes of at least 4 members (excludes halogenated alkanes) is 2. The number of hydrogen-bond donors (Lipinski definition) is 16. The molecule has 8 amide bonds. The van der Waals surface area contributed by atoms with Gasteiger partial charge in [-0.3, -0.25) is 42.9 Å². The Morgan fingerprint density at radius 1 is 0.800 bits per heavy atom. The van der Waals surface area contributed by atoms with Gasteiger partial charge in [0.05, 0.1) is 56.2 Å². The Kier molecular flexibility index (Phi) is 23.0. The number of aliphatic hydroxyl groups excluding tert-OH is 8. The zero-order valence-corrected chi connectivity index (χ0v) is 49.6. The highest BCUT2D eigenvalue weighted by Gasteiger charge is 2.51. The van der Waals surface area contributed by atoms with E-state index in [0.717, 1.165) is 38.3 Å². The molecule has 3 aliphatic rings. The molecule has 5 unspecified atom stereocenters. The summed E-state index contributed by atoms with van der Waals surface area (Å²) < 4.78 is 48.2. The summed E-state index contributed by atoms with van der Waals surface area (Å²) in [6.45, 7) is 2.67. The number of phenolic OH excluding ortho intramolecular Hbond substituents is 1. The van der Waals surface area contributed by atoms with Crippen LogP contribution in [0.15, 0.2) is 77.3 Å². The number of amides is 8. The number of aromatic nitrogens is 1. The van der Waals surface area contributed by atoms with E-state index >= 15 is 0 Å². The first-order valence-corrected chi connectivity index (χ1v) is 30.0. The summed E-state index contributed by atoms with van der Waals surface area (Å²) in [5, 5.41) is 116. The first-order chi connectivity index (χ1) is 42.5. The van der Waals surface area contributed by atoms with Crippen molar-refractivity contribution in [2.24, 2.45) is 11.7 Å². The zero-order valence-electron chi connectivity index (χ0n) is 48.8. The van der Waals surface area contributed by atoms with Crippen LogP contribution in [-0.2, 0) is 44.0 Å². The van der Waals surface area contributed by atoms with Crippen molar-refractivity contribution in [1.29, 1.82) is 0 Å². The Hall–Kier alpha value is -8.38. The molecule has 0 aliphatic carbocycles. The number of rotatable bonds is 19. The van der Waals surface area contributed by atoms with Crippen LogP contribution in [0.5, 0.6) is 17.2 Å². The predicted octanol–water partition coefficient (Wildman–Crippen LogP) is -3.86. The minimum absolute atomic E-state index is 0.0899. The Morgan fingerprint density at radius 3 is 2.08 bits per heavy atom. The Morgan fingerprint density at radius 2 is 1.44 bits per heavy atom. The van der Waals surface area contributed by atoms with Crippen LogP contribution in [0, 0.1) is 5.92 Å². The molecule has 17 N–H and O–H groups in total. The molecule has 15 atom stereocenters. The van der Waals surface area contributed by atoms with E-state index < -0.39 is 205 Å². The number of benzene rings is 3. The number of nitrogens with two attached hydrogens (primary N) is 1. The highest BCUT2D eigenvalue weighted by Crippen LogP contribution is 2.34. The van der Waals surface area contributed by atoms with E-state index in [-0.39, 0.29) is 5.56 Å². The van der Waals surface area contributed by atoms with Crippen LogP contribution in [-0.4, -0.2) is 226 Å². The van der Waals surface area contributed by atoms with Crippen LogP contribution in [0.4, 0.5) is 0 Å². The zero-order chi connectivity index (χ0) is 66.1. The molecule has 90 heavy (non-hydrogen) atoms. The number of carbonyl (C=O) groups excluding carboxylic acids is 8. The number of fused-ring (bicyclic) bond motifs is 2. The molecule has 0 spiro atoms. The van der Waals surface area contributed by atoms with Gasteiger partial charge < -0.3 is 102 Å². The third-order valence-corrected chi connectivity index (χ3v) is 15.9. The van der Waals surface area contributed by atoms with E-state index in [1.165, 1.54) is 31.2 Å². The van der Waals surface area contributed by atoms with Crippen molar-refractivity contribution in [2.75, 3.05) is 26.3 Å². The van der Waals surface area contributed by atoms with Gasteiger partial charge in [-0.15, -0.1) is 0 Å². The molecule has 0 saturated carbocycles. The highest BCUT2D eigenvalue weighted by atomic mass is 32.3. The molecule has 3 aliphatic heterocycles. The topological polar surface area (TPSA) is 510 Å². The Bertz CT molecular complexity index is 3350. The summed E-state index contributed by atoms with van der Waals surface area (Å²) >= 11 is 0. The highest BCUT2D eigenvalue weighted by molar-refractivity contribution is 7.81. The average Bonchev–Trinajstić information content (AvgIpc) is 1.72. The van der Waals surface area contributed by atoms with Gasteiger partial charge in [0.15, 0.2) is 17.3 Å². The normalized spacial score (nSPS) is 26.3. The summed E-state index contributed by atoms with van der Waals surface area (Å²) in [5.41, 5.74) is 6.22. The summed E-state index contributed by atoms with van der Waals surface area (Å²) in [6.07, 6.45) is -14.5. The van der Waals surface area contributed by atoms with Gasteiger partial charge in [-0.25, -0.2) is 0 Å². The SMILES string of the molecule is CCCCCOc1ccc(-c2cc(-c3ccc(C(=O)N[C@H]4C[C@@H](O)[C@@H](CO)NC(=O)C5[C@@H](O)[C@@H](C)CN5C(=O)C([C@H](O)CC(N)=O)NC(=O)C([C@H](O)[C@@H](O)c5ccc(O)c(OS(=O)(=O)O)c5)NC(=O)C5C[C@@H](O)CN5C(=O)C([C@@H](C)O)NC4=O)cc3)no2)cc1. The summed E-state index contributed by atoms with van der Waals surface area (Å²) in [5.74, 6) is -12.6. The number of carbonyl (C=O) groups is 8. The number of aliphatic hydroxyl groups is 8. The third-order valence-electron chi connectivity index (χ3n) is 15.5. The van der Waals surface area contributed by atoms with Crippen LogP contribution < -0.4 is 41.2 Å². The number of nitrogens with zero attached hydrogens (tertiary/aromatic N) is 3. The van der Waals surface area contributed by atoms with Gasteiger partial charge in [0.2, 0.25) is 41.4 Å². The molecule has 4 aromatic rings. The molecule has 7 rings (SSSR count). The van der Waals surface area contributed by atoms with Gasteiger partial charge in [0.25, 0.3) is 5.91 Å². The second-order valence-corrected chi connectivity index (χ2v) is 23.3. The summed E-state index contributed by atoms with van der Waals surface area (Å²) in [6, 6.07) is 1.92. The van der Waals surface area contributed by atoms with E-state index in [1.54, 1.807) is 30.3 Å². The third kappa shape index (κ3) is 16.9. The van der Waals surface area contributed by atoms with E-state index in [9.17, 15) is 97.3 Å². The van der Waals surface area contributed by atoms with Crippen LogP contribution in [0.1, 0.15) is 81.3 Å². The smallest absolute Gasteiger partial charge is 0.446 e. The fourth-order valence-corrected chi connectivity index (χ4v) is 10.9. The maximum absolute atomic E-state index is 14.8. The molecule has 0 bridgehead atoms. The molecule has 33 heteroatoms. The van der Waals surface area contributed by atoms with Crippen molar-refractivity contribution in [1.82, 2.24) is 41.5 Å². The van der Waals surface area contributed by atoms with Crippen molar-refractivity contribution in [2.45, 2.75) is 144 Å². The van der Waals surface area contributed by atoms with Gasteiger partial charge in [0.1, 0.15) is 59.9 Å². The van der Waals surface area contributed by atoms with Crippen molar-refractivity contribution < 1.29 is 111 Å². The maximum Gasteiger partial charge on any atom is 0.446 e. The number of aromatic hydroxyl groups is 1. The number of phenols is 1. The Balaban J connectivity index is 1.24. The van der Waals surface area contributed by atoms with E-state index in [2.05, 4.69) is 42.8 Å². The first kappa shape index (κ1) is 69.1. The molecule has 32 nitrogen and oxygen atoms in total. The molecular weight excluding hydrogens is 1210 g/mol. The van der Waals surface area contributed by atoms with Crippen LogP contribution in [0.25, 0.3) is 22.6 Å². The summed E-state index contributed by atoms with van der Waals surface area (Å²) in [7, 11) is -5.35. The molecule has 0 radical (unpaired) electrons. The lowest BCUT2D eigenvalue weighted by Gasteiger charge is -2.34. The molecule has 490 valence electrons. The summed E-state index contributed by atoms with van der Waals surface area (Å²) in [4.78, 5) is 115. The molecular formula is C57H73N9O23S. The lowest BCUT2D eigenvalue weighted by atomic mass is 9.96. The molecule has 3 saturated heterocycles. The number of nitrogens with one attached hydrogen (secondary N) is 5. The fraction of sp³-hybridized carbons (Fsp3) is 0.491. The maximum atomic E-state index is 14.8. The van der Waals surface area contributed by atoms with Gasteiger partial charge in [0, 0.05) is 54.6 Å². The van der Waals surface area contributed by atoms with E-state index in [1.807, 2.05) is 0 Å². The molecule has 3 fully saturated rings. The second kappa shape index (κ2) is 30.0. The Labute approximate surface area is 514 Å². The minimum atomic E-state index is -5.35. The number of ether oxygens (including phenoxy) is 1. The van der Waals surface area contributed by atoms with Crippen molar-refractivity contribution in [3.8, 4) is 39.8 Å². The average molecular weight is 1280 g/mol. The standard InChI is InChI=1S/C57H73N9O23S/c1-4-5-6-17-87-33-14-11-29(12-15-33)41-21-34(64-88-41)28-7-9-30(10-8-28)51(77)59-35-20-39(71)36(25-67)60-55(81)47-48(74)26(2)23-66(47)57(83)45(40(72)22-43(58)73)62-54(80)46(50(76)49(75)31-13-16-38(70)42(18-31)89-90(84,85)86)63-53(79)37-19-32(69)24-65(37)56(82)44(27(3)68)61-52(35)78/h7-16,18,21,26-27,32,35-37,39-40,44-50,67-72,74-76H,4-6,17,19-20,22-25H2,1-3H3,(H2,58,73)(H,59,77)(H,60,81)(H,61,78)(H,62,80)(H,63,79)(H,84,85,86)/t26-,27+,32+,35-,36+,37?,39+,40+,44?,45?,46?,47?,48-,49-,50-/m0/s1. The first-order valence-electron chi connectivity index (χ1n) is 28.6. The van der Waals surface area contributed by atoms with Crippen LogP contribution in [0.3, 0.4) is 0 Å². The van der Waals surface area contributed by atoms with Gasteiger partial charge in [-0.1, -0.05) is 50.0 Å². The lowest BCUT2D eigenvalue weighted by Crippen LogP contribution is -2.64. The number of hydrogen-bond acceptors (Lipinski definition) is 23. The molecule has 3 aromatic carbocycles. The monoisotopic (exact) mass is 1280 g/mol. The second-order valence-electron chi connectivity index (χ2n) is 22.3. The molecule has 4 heterocycles. The minimum Gasteiger partial charge on any atom is -0.504 e. The number of primary amides is 1. The van der Waals surface area contributed by atoms with Crippen molar-refractivity contribution >= 4 is 57.7 Å². The lowest BCUT2D eigenvalue weighted by molar-refractivity contribution is -0.148. The molecule has 1 aromatic heterocycles. The van der Waals surface area contributed by atoms with E-state index in [0.29, 0.717) is 50.8 Å². The van der Waals surface area contributed by atoms with Crippen molar-refractivity contribution in [3.63, 3.8) is 0 Å². The predicted molar refractivity (Wildman–Crippen MR) is 309 cm³/mol. The quantitative estimate of drug-likeness (QED) is 0.0316. The van der Waals surface area contributed by atoms with Gasteiger partial charge >= 0.3 is 10.4 Å². The van der Waals surface area contributed by atoms with Gasteiger partial charge in [-0.2, -0.15) is 8.42 Å². The fourth-order valence-electron chi connectivity index (χ4n) is 10.6.